The maximum atomic E-state index is 14.1. The van der Waals surface area contributed by atoms with Crippen LogP contribution in [0, 0.1) is 15.5 Å². The average molecular weight is 955 g/mol. The van der Waals surface area contributed by atoms with Crippen LogP contribution < -0.4 is 19.7 Å². The molecule has 15 nitrogen and oxygen atoms in total. The Morgan fingerprint density at radius 3 is 2.52 bits per heavy atom. The van der Waals surface area contributed by atoms with E-state index in [0.717, 1.165) is 113 Å². The number of rotatable bonds is 13. The summed E-state index contributed by atoms with van der Waals surface area (Å²) in [6.07, 6.45) is 7.30. The molecule has 1 aliphatic carbocycles. The van der Waals surface area contributed by atoms with E-state index in [1.807, 2.05) is 18.2 Å². The van der Waals surface area contributed by atoms with Gasteiger partial charge in [0.2, 0.25) is 0 Å². The van der Waals surface area contributed by atoms with Gasteiger partial charge in [-0.3, -0.25) is 19.8 Å². The van der Waals surface area contributed by atoms with Crippen LogP contribution in [0.1, 0.15) is 55.5 Å². The van der Waals surface area contributed by atoms with Gasteiger partial charge >= 0.3 is 0 Å². The molecule has 0 spiro atoms. The molecule has 2 aromatic heterocycles. The fraction of sp³-hybridized carbons (Fsp3) is 0.417. The molecule has 0 radical (unpaired) electrons. The lowest BCUT2D eigenvalue weighted by Crippen LogP contribution is -2.47. The van der Waals surface area contributed by atoms with Crippen molar-refractivity contribution >= 4 is 73.0 Å². The fourth-order valence-corrected chi connectivity index (χ4v) is 11.7. The number of amides is 1. The number of aromatic nitrogens is 2. The molecule has 18 heteroatoms. The van der Waals surface area contributed by atoms with E-state index in [9.17, 15) is 23.3 Å². The highest BCUT2D eigenvalue weighted by Crippen LogP contribution is 2.44. The van der Waals surface area contributed by atoms with E-state index >= 15 is 0 Å². The van der Waals surface area contributed by atoms with Crippen LogP contribution in [0.3, 0.4) is 0 Å². The van der Waals surface area contributed by atoms with Gasteiger partial charge in [-0.25, -0.2) is 18.1 Å². The normalized spacial score (nSPS) is 19.6. The number of nitrogens with one attached hydrogen (secondary N) is 3. The number of fused-ring (bicyclic) bond motifs is 2. The third-order valence-corrected chi connectivity index (χ3v) is 16.1. The lowest BCUT2D eigenvalue weighted by Gasteiger charge is -2.39. The van der Waals surface area contributed by atoms with Gasteiger partial charge in [0.1, 0.15) is 22.8 Å². The van der Waals surface area contributed by atoms with Crippen LogP contribution in [-0.4, -0.2) is 128 Å². The predicted molar refractivity (Wildman–Crippen MR) is 262 cm³/mol. The summed E-state index contributed by atoms with van der Waals surface area (Å²) in [5.41, 5.74) is 5.73. The number of ether oxygens (including phenoxy) is 1. The van der Waals surface area contributed by atoms with Crippen LogP contribution in [0.4, 0.5) is 17.1 Å². The first-order valence-electron chi connectivity index (χ1n) is 22.6. The van der Waals surface area contributed by atoms with E-state index in [0.29, 0.717) is 27.7 Å². The van der Waals surface area contributed by atoms with Crippen LogP contribution in [0.15, 0.2) is 94.5 Å². The first kappa shape index (κ1) is 46.0. The Morgan fingerprint density at radius 2 is 1.76 bits per heavy atom. The fourth-order valence-electron chi connectivity index (χ4n) is 9.35. The van der Waals surface area contributed by atoms with E-state index in [2.05, 4.69) is 72.6 Å². The Kier molecular flexibility index (Phi) is 13.4. The first-order valence-corrected chi connectivity index (χ1v) is 25.4. The van der Waals surface area contributed by atoms with E-state index < -0.39 is 20.9 Å². The van der Waals surface area contributed by atoms with Crippen LogP contribution in [0.2, 0.25) is 5.02 Å². The number of likely N-dealkylation sites (N-methyl/N-ethyl adjacent to an activating group) is 1. The van der Waals surface area contributed by atoms with Crippen LogP contribution in [-0.2, 0) is 10.0 Å². The molecule has 1 amide bonds. The Hall–Kier alpha value is -5.17. The molecule has 2 saturated heterocycles. The average Bonchev–Trinajstić information content (AvgIpc) is 3.77. The van der Waals surface area contributed by atoms with Gasteiger partial charge in [-0.2, -0.15) is 0 Å². The van der Waals surface area contributed by atoms with Gasteiger partial charge in [-0.15, -0.1) is 11.8 Å². The number of allylic oxidation sites excluding steroid dienone is 1. The van der Waals surface area contributed by atoms with Crippen molar-refractivity contribution in [3.05, 3.63) is 111 Å². The van der Waals surface area contributed by atoms with Gasteiger partial charge in [-0.05, 0) is 91.7 Å². The summed E-state index contributed by atoms with van der Waals surface area (Å²) >= 11 is 7.63. The molecule has 66 heavy (non-hydrogen) atoms. The summed E-state index contributed by atoms with van der Waals surface area (Å²) in [4.78, 5) is 42.9. The number of thioether (sulfide) groups is 1. The van der Waals surface area contributed by atoms with Crippen molar-refractivity contribution in [3.63, 3.8) is 0 Å². The van der Waals surface area contributed by atoms with Gasteiger partial charge in [0, 0.05) is 117 Å². The van der Waals surface area contributed by atoms with Crippen molar-refractivity contribution in [1.82, 2.24) is 29.4 Å². The number of benzene rings is 3. The van der Waals surface area contributed by atoms with Crippen molar-refractivity contribution in [2.24, 2.45) is 5.41 Å². The molecule has 0 saturated carbocycles. The van der Waals surface area contributed by atoms with Crippen molar-refractivity contribution < 1.29 is 22.9 Å². The molecule has 3 aliphatic heterocycles. The minimum atomic E-state index is -4.58. The number of hydrogen-bond acceptors (Lipinski definition) is 13. The zero-order valence-electron chi connectivity index (χ0n) is 37.5. The Labute approximate surface area is 395 Å². The Balaban J connectivity index is 0.922. The van der Waals surface area contributed by atoms with Gasteiger partial charge in [0.15, 0.2) is 0 Å². The molecule has 5 heterocycles. The number of halogens is 1. The molecule has 3 N–H and O–H groups in total. The zero-order valence-corrected chi connectivity index (χ0v) is 39.9. The summed E-state index contributed by atoms with van der Waals surface area (Å²) in [5, 5.41) is 17.3. The van der Waals surface area contributed by atoms with Gasteiger partial charge < -0.3 is 29.7 Å². The first-order chi connectivity index (χ1) is 31.7. The Morgan fingerprint density at radius 1 is 1.00 bits per heavy atom. The molecular formula is C48H56ClN9O6S2. The molecule has 4 aliphatic rings. The van der Waals surface area contributed by atoms with Crippen molar-refractivity contribution in [1.29, 1.82) is 0 Å². The van der Waals surface area contributed by atoms with Crippen LogP contribution >= 0.6 is 23.4 Å². The monoisotopic (exact) mass is 953 g/mol. The SMILES string of the molecule is CN1CCN(CC[C@@H]2CSc3cc(S(=O)(=O)NC(=O)c4ccc(N5CCN(CC6=C(c7ccc(Cl)cc7)CC(C)(C)CC6)CC5)cc4Oc4cnc5[nH]ccc5c4)cc([N+](=O)[O-])c3N2)CC1. The quantitative estimate of drug-likeness (QED) is 0.0762. The van der Waals surface area contributed by atoms with Crippen LogP contribution in [0.5, 0.6) is 11.5 Å². The Bertz CT molecular complexity index is 2770. The standard InChI is InChI=1S/C48H56ClN9O6S2/c1-48(2)13-10-34(41(28-48)32-4-6-35(49)7-5-32)30-56-20-22-57(23-21-56)37-8-9-40(43(25-37)64-38-24-33-11-14-50-46(33)51-29-38)47(59)53-66(62,63)39-26-42(58(60)61)45-44(27-39)65-31-36(52-45)12-15-55-18-16-54(3)17-19-55/h4-9,11,14,24-27,29,36,52H,10,12-13,15-23,28,30-31H2,1-3H3,(H,50,51)(H,53,59)/t36-/m1/s1. The second-order valence-corrected chi connectivity index (χ2v) is 21.8. The van der Waals surface area contributed by atoms with E-state index in [1.165, 1.54) is 40.7 Å². The topological polar surface area (TPSA) is 169 Å². The zero-order chi connectivity index (χ0) is 46.2. The third kappa shape index (κ3) is 10.5. The summed E-state index contributed by atoms with van der Waals surface area (Å²) in [6.45, 7) is 13.5. The molecule has 5 aromatic rings. The predicted octanol–water partition coefficient (Wildman–Crippen LogP) is 8.35. The number of anilines is 2. The molecular weight excluding hydrogens is 898 g/mol. The van der Waals surface area contributed by atoms with Crippen molar-refractivity contribution in [2.45, 2.75) is 55.4 Å². The summed E-state index contributed by atoms with van der Waals surface area (Å²) in [6, 6.07) is 19.4. The van der Waals surface area contributed by atoms with E-state index in [1.54, 1.807) is 30.5 Å². The summed E-state index contributed by atoms with van der Waals surface area (Å²) < 4.78 is 36.5. The molecule has 3 aromatic carbocycles. The number of carbonyl (C=O) groups is 1. The van der Waals surface area contributed by atoms with Gasteiger partial charge in [0.05, 0.1) is 21.6 Å². The molecule has 1 atom stereocenters. The summed E-state index contributed by atoms with van der Waals surface area (Å²) in [7, 11) is -2.47. The minimum Gasteiger partial charge on any atom is -0.455 e. The van der Waals surface area contributed by atoms with Crippen molar-refractivity contribution in [2.75, 3.05) is 88.5 Å². The second-order valence-electron chi connectivity index (χ2n) is 18.7. The van der Waals surface area contributed by atoms with Crippen LogP contribution in [0.25, 0.3) is 16.6 Å². The number of nitro groups is 1. The van der Waals surface area contributed by atoms with Gasteiger partial charge in [-0.1, -0.05) is 43.2 Å². The number of sulfonamides is 1. The number of aromatic amines is 1. The van der Waals surface area contributed by atoms with Crippen molar-refractivity contribution in [3.8, 4) is 11.5 Å². The lowest BCUT2D eigenvalue weighted by molar-refractivity contribution is -0.384. The molecule has 0 unspecified atom stereocenters. The number of hydrogen-bond donors (Lipinski definition) is 3. The van der Waals surface area contributed by atoms with Gasteiger partial charge in [0.25, 0.3) is 21.6 Å². The number of piperazine rings is 2. The highest BCUT2D eigenvalue weighted by atomic mass is 35.5. The molecule has 2 fully saturated rings. The number of nitrogens with zero attached hydrogens (tertiary/aromatic N) is 6. The largest absolute Gasteiger partial charge is 0.455 e. The second kappa shape index (κ2) is 19.2. The number of carbonyl (C=O) groups excluding carboxylic acids is 1. The smallest absolute Gasteiger partial charge is 0.294 e. The number of nitro benzene ring substituents is 1. The summed E-state index contributed by atoms with van der Waals surface area (Å²) in [5.74, 6) is 0.174. The number of H-pyrrole nitrogens is 1. The maximum absolute atomic E-state index is 14.1. The van der Waals surface area contributed by atoms with E-state index in [-0.39, 0.29) is 33.4 Å². The molecule has 348 valence electrons. The van der Waals surface area contributed by atoms with E-state index in [4.69, 9.17) is 16.3 Å². The lowest BCUT2D eigenvalue weighted by atomic mass is 9.72. The minimum absolute atomic E-state index is 0.0243. The highest BCUT2D eigenvalue weighted by Gasteiger charge is 2.33. The highest BCUT2D eigenvalue weighted by molar-refractivity contribution is 7.99. The third-order valence-electron chi connectivity index (χ3n) is 13.3. The number of pyridine rings is 1. The maximum Gasteiger partial charge on any atom is 0.294 e. The molecule has 0 bridgehead atoms. The molecule has 9 rings (SSSR count).